The first kappa shape index (κ1) is 14.9. The Morgan fingerprint density at radius 3 is 2.50 bits per heavy atom. The summed E-state index contributed by atoms with van der Waals surface area (Å²) in [6.07, 6.45) is 4.26. The number of rotatable bonds is 4. The van der Waals surface area contributed by atoms with Gasteiger partial charge in [-0.05, 0) is 34.9 Å². The Kier molecular flexibility index (Phi) is 4.07. The van der Waals surface area contributed by atoms with Gasteiger partial charge in [0.1, 0.15) is 0 Å². The topological polar surface area (TPSA) is 63.3 Å². The van der Waals surface area contributed by atoms with Crippen LogP contribution >= 0.6 is 0 Å². The summed E-state index contributed by atoms with van der Waals surface area (Å²) in [7, 11) is 0. The van der Waals surface area contributed by atoms with E-state index >= 15 is 0 Å². The number of aliphatic carboxylic acids is 1. The molecular formula is C17H25NO2. The first-order valence-corrected chi connectivity index (χ1v) is 7.41. The van der Waals surface area contributed by atoms with Crippen molar-refractivity contribution >= 4 is 11.7 Å². The van der Waals surface area contributed by atoms with E-state index in [2.05, 4.69) is 20.8 Å². The average molecular weight is 275 g/mol. The lowest BCUT2D eigenvalue weighted by molar-refractivity contribution is -0.139. The highest BCUT2D eigenvalue weighted by atomic mass is 16.4. The van der Waals surface area contributed by atoms with Crippen molar-refractivity contribution in [2.24, 2.45) is 5.92 Å². The third kappa shape index (κ3) is 3.14. The normalized spacial score (nSPS) is 17.6. The molecule has 1 atom stereocenters. The Labute approximate surface area is 121 Å². The summed E-state index contributed by atoms with van der Waals surface area (Å²) in [4.78, 5) is 11.6. The minimum Gasteiger partial charge on any atom is -0.481 e. The molecule has 3 nitrogen and oxygen atoms in total. The van der Waals surface area contributed by atoms with Crippen molar-refractivity contribution in [3.63, 3.8) is 0 Å². The highest BCUT2D eigenvalue weighted by Gasteiger charge is 2.29. The third-order valence-electron chi connectivity index (χ3n) is 4.42. The Hall–Kier alpha value is -1.51. The van der Waals surface area contributed by atoms with Gasteiger partial charge in [0.05, 0.1) is 5.92 Å². The van der Waals surface area contributed by atoms with Crippen LogP contribution in [0.3, 0.4) is 0 Å². The van der Waals surface area contributed by atoms with Crippen LogP contribution in [0.1, 0.15) is 63.5 Å². The van der Waals surface area contributed by atoms with E-state index in [1.807, 2.05) is 18.2 Å². The number of carbonyl (C=O) groups is 1. The second-order valence-electron chi connectivity index (χ2n) is 7.02. The number of carboxylic acid groups (broad SMARTS) is 1. The minimum absolute atomic E-state index is 0.00196. The lowest BCUT2D eigenvalue weighted by atomic mass is 9.76. The number of carboxylic acids is 1. The maximum Gasteiger partial charge on any atom is 0.311 e. The van der Waals surface area contributed by atoms with Crippen molar-refractivity contribution in [2.75, 3.05) is 5.73 Å². The van der Waals surface area contributed by atoms with Gasteiger partial charge in [0.2, 0.25) is 0 Å². The van der Waals surface area contributed by atoms with Gasteiger partial charge in [-0.25, -0.2) is 0 Å². The molecule has 1 aliphatic carbocycles. The van der Waals surface area contributed by atoms with Gasteiger partial charge in [0, 0.05) is 5.69 Å². The number of hydrogen-bond donors (Lipinski definition) is 2. The number of anilines is 1. The minimum atomic E-state index is -0.755. The molecule has 0 heterocycles. The predicted octanol–water partition coefficient (Wildman–Crippen LogP) is 3.92. The van der Waals surface area contributed by atoms with E-state index in [0.29, 0.717) is 18.0 Å². The highest BCUT2D eigenvalue weighted by Crippen LogP contribution is 2.38. The van der Waals surface area contributed by atoms with Crippen molar-refractivity contribution in [1.82, 2.24) is 0 Å². The second-order valence-corrected chi connectivity index (χ2v) is 7.02. The number of nitrogen functional groups attached to an aromatic ring is 1. The molecule has 110 valence electrons. The zero-order valence-corrected chi connectivity index (χ0v) is 12.6. The van der Waals surface area contributed by atoms with Crippen LogP contribution in [0, 0.1) is 5.92 Å². The van der Waals surface area contributed by atoms with Crippen LogP contribution in [0.2, 0.25) is 0 Å². The molecule has 0 saturated heterocycles. The molecule has 0 aliphatic heterocycles. The maximum absolute atomic E-state index is 11.6. The van der Waals surface area contributed by atoms with Crippen molar-refractivity contribution in [1.29, 1.82) is 0 Å². The van der Waals surface area contributed by atoms with E-state index < -0.39 is 11.9 Å². The molecule has 1 unspecified atom stereocenters. The zero-order chi connectivity index (χ0) is 14.9. The third-order valence-corrected chi connectivity index (χ3v) is 4.42. The molecule has 20 heavy (non-hydrogen) atoms. The van der Waals surface area contributed by atoms with Crippen molar-refractivity contribution in [3.8, 4) is 0 Å². The van der Waals surface area contributed by atoms with E-state index in [9.17, 15) is 9.90 Å². The maximum atomic E-state index is 11.6. The molecule has 1 aliphatic rings. The second kappa shape index (κ2) is 5.47. The van der Waals surface area contributed by atoms with E-state index in [-0.39, 0.29) is 5.41 Å². The lowest BCUT2D eigenvalue weighted by Gasteiger charge is -2.29. The summed E-state index contributed by atoms with van der Waals surface area (Å²) in [6, 6.07) is 5.85. The fourth-order valence-corrected chi connectivity index (χ4v) is 2.77. The number of nitrogens with two attached hydrogens (primary N) is 1. The van der Waals surface area contributed by atoms with Crippen LogP contribution in [0.25, 0.3) is 0 Å². The fourth-order valence-electron chi connectivity index (χ4n) is 2.77. The van der Waals surface area contributed by atoms with Gasteiger partial charge in [-0.15, -0.1) is 0 Å². The molecule has 1 fully saturated rings. The first-order chi connectivity index (χ1) is 9.29. The molecule has 1 aromatic rings. The van der Waals surface area contributed by atoms with Crippen LogP contribution in [0.4, 0.5) is 5.69 Å². The van der Waals surface area contributed by atoms with E-state index in [0.717, 1.165) is 24.0 Å². The van der Waals surface area contributed by atoms with Crippen LogP contribution < -0.4 is 5.73 Å². The molecule has 0 amide bonds. The summed E-state index contributed by atoms with van der Waals surface area (Å²) in [6.45, 7) is 6.39. The molecule has 0 spiro atoms. The summed E-state index contributed by atoms with van der Waals surface area (Å²) >= 11 is 0. The molecule has 0 aromatic heterocycles. The molecule has 3 N–H and O–H groups in total. The Bertz CT molecular complexity index is 498. The number of benzene rings is 1. The van der Waals surface area contributed by atoms with Crippen molar-refractivity contribution in [3.05, 3.63) is 29.3 Å². The van der Waals surface area contributed by atoms with Gasteiger partial charge in [-0.2, -0.15) is 0 Å². The Morgan fingerprint density at radius 1 is 1.40 bits per heavy atom. The lowest BCUT2D eigenvalue weighted by Crippen LogP contribution is -2.22. The van der Waals surface area contributed by atoms with E-state index in [1.165, 1.54) is 6.42 Å². The summed E-state index contributed by atoms with van der Waals surface area (Å²) < 4.78 is 0. The van der Waals surface area contributed by atoms with Gasteiger partial charge >= 0.3 is 5.97 Å². The Balaban J connectivity index is 2.33. The summed E-state index contributed by atoms with van der Waals surface area (Å²) in [5.74, 6) is -0.675. The average Bonchev–Trinajstić information content (AvgIpc) is 2.27. The SMILES string of the molecule is CC(C)(C)c1ccc(N)c(C(CC2CCC2)C(=O)O)c1. The van der Waals surface area contributed by atoms with Crippen LogP contribution in [-0.4, -0.2) is 11.1 Å². The standard InChI is InChI=1S/C17H25NO2/c1-17(2,3)12-7-8-15(18)13(10-12)14(16(19)20)9-11-5-4-6-11/h7-8,10-11,14H,4-6,9,18H2,1-3H3,(H,19,20). The fraction of sp³-hybridized carbons (Fsp3) is 0.588. The monoisotopic (exact) mass is 275 g/mol. The van der Waals surface area contributed by atoms with E-state index in [1.54, 1.807) is 0 Å². The van der Waals surface area contributed by atoms with Gasteiger partial charge in [0.25, 0.3) is 0 Å². The van der Waals surface area contributed by atoms with Crippen molar-refractivity contribution in [2.45, 2.75) is 57.8 Å². The van der Waals surface area contributed by atoms with Gasteiger partial charge < -0.3 is 10.8 Å². The van der Waals surface area contributed by atoms with Gasteiger partial charge in [-0.3, -0.25) is 4.79 Å². The van der Waals surface area contributed by atoms with Crippen LogP contribution in [0.15, 0.2) is 18.2 Å². The molecule has 0 radical (unpaired) electrons. The first-order valence-electron chi connectivity index (χ1n) is 7.41. The predicted molar refractivity (Wildman–Crippen MR) is 81.9 cm³/mol. The smallest absolute Gasteiger partial charge is 0.311 e. The largest absolute Gasteiger partial charge is 0.481 e. The summed E-state index contributed by atoms with van der Waals surface area (Å²) in [5.41, 5.74) is 8.58. The Morgan fingerprint density at radius 2 is 2.05 bits per heavy atom. The molecule has 3 heteroatoms. The molecular weight excluding hydrogens is 250 g/mol. The van der Waals surface area contributed by atoms with Crippen LogP contribution in [-0.2, 0) is 10.2 Å². The van der Waals surface area contributed by atoms with Crippen molar-refractivity contribution < 1.29 is 9.90 Å². The molecule has 1 aromatic carbocycles. The van der Waals surface area contributed by atoms with Crippen LogP contribution in [0.5, 0.6) is 0 Å². The van der Waals surface area contributed by atoms with Gasteiger partial charge in [0.15, 0.2) is 0 Å². The highest BCUT2D eigenvalue weighted by molar-refractivity contribution is 5.78. The molecule has 2 rings (SSSR count). The number of hydrogen-bond acceptors (Lipinski definition) is 2. The quantitative estimate of drug-likeness (QED) is 0.818. The van der Waals surface area contributed by atoms with Gasteiger partial charge in [-0.1, -0.05) is 52.2 Å². The molecule has 0 bridgehead atoms. The van der Waals surface area contributed by atoms with E-state index in [4.69, 9.17) is 5.73 Å². The zero-order valence-electron chi connectivity index (χ0n) is 12.6. The molecule has 1 saturated carbocycles. The summed E-state index contributed by atoms with van der Waals surface area (Å²) in [5, 5.41) is 9.56.